The van der Waals surface area contributed by atoms with E-state index in [4.69, 9.17) is 0 Å². The standard InChI is InChI=1S/C17H22F2N4O/c18-14-9-12(10-15(19)16(14)22-4-1-2-5-22)20-17(24)23-8-7-21-6-3-13(23)11-21/h9-10,13H,1-8,11H2,(H,20,24). The Labute approximate surface area is 140 Å². The first-order valence-corrected chi connectivity index (χ1v) is 8.66. The molecular weight excluding hydrogens is 314 g/mol. The minimum absolute atomic E-state index is 0.0231. The van der Waals surface area contributed by atoms with Crippen LogP contribution in [0.3, 0.4) is 0 Å². The molecule has 1 aromatic rings. The fourth-order valence-corrected chi connectivity index (χ4v) is 4.04. The highest BCUT2D eigenvalue weighted by atomic mass is 19.1. The topological polar surface area (TPSA) is 38.8 Å². The number of nitrogens with zero attached hydrogens (tertiary/aromatic N) is 3. The van der Waals surface area contributed by atoms with Crippen molar-refractivity contribution in [2.24, 2.45) is 0 Å². The number of urea groups is 1. The number of carbonyl (C=O) groups excluding carboxylic acids is 1. The maximum atomic E-state index is 14.4. The Morgan fingerprint density at radius 1 is 1.04 bits per heavy atom. The molecule has 24 heavy (non-hydrogen) atoms. The molecule has 0 spiro atoms. The quantitative estimate of drug-likeness (QED) is 0.902. The van der Waals surface area contributed by atoms with E-state index in [1.165, 1.54) is 12.1 Å². The van der Waals surface area contributed by atoms with Crippen LogP contribution in [0.1, 0.15) is 19.3 Å². The molecule has 2 amide bonds. The fourth-order valence-electron chi connectivity index (χ4n) is 4.04. The fraction of sp³-hybridized carbons (Fsp3) is 0.588. The average molecular weight is 336 g/mol. The largest absolute Gasteiger partial charge is 0.367 e. The van der Waals surface area contributed by atoms with E-state index in [0.29, 0.717) is 19.6 Å². The molecule has 4 rings (SSSR count). The van der Waals surface area contributed by atoms with Gasteiger partial charge < -0.3 is 15.1 Å². The number of hydrogen-bond acceptors (Lipinski definition) is 3. The zero-order valence-corrected chi connectivity index (χ0v) is 13.6. The number of amides is 2. The van der Waals surface area contributed by atoms with Crippen molar-refractivity contribution in [1.29, 1.82) is 0 Å². The van der Waals surface area contributed by atoms with Crippen LogP contribution in [0.4, 0.5) is 25.0 Å². The highest BCUT2D eigenvalue weighted by Crippen LogP contribution is 2.30. The molecule has 2 bridgehead atoms. The van der Waals surface area contributed by atoms with Gasteiger partial charge in [-0.25, -0.2) is 13.6 Å². The molecule has 3 saturated heterocycles. The summed E-state index contributed by atoms with van der Waals surface area (Å²) < 4.78 is 28.7. The van der Waals surface area contributed by atoms with Gasteiger partial charge in [-0.1, -0.05) is 0 Å². The van der Waals surface area contributed by atoms with Crippen LogP contribution in [0, 0.1) is 11.6 Å². The lowest BCUT2D eigenvalue weighted by Crippen LogP contribution is -2.51. The van der Waals surface area contributed by atoms with E-state index in [-0.39, 0.29) is 23.4 Å². The van der Waals surface area contributed by atoms with Crippen molar-refractivity contribution >= 4 is 17.4 Å². The first-order chi connectivity index (χ1) is 11.6. The molecule has 3 heterocycles. The van der Waals surface area contributed by atoms with Gasteiger partial charge in [0.05, 0.1) is 0 Å². The van der Waals surface area contributed by atoms with Gasteiger partial charge in [-0.15, -0.1) is 0 Å². The first kappa shape index (κ1) is 15.6. The van der Waals surface area contributed by atoms with Gasteiger partial charge in [-0.05, 0) is 31.4 Å². The summed E-state index contributed by atoms with van der Waals surface area (Å²) in [4.78, 5) is 18.3. The lowest BCUT2D eigenvalue weighted by molar-refractivity contribution is 0.153. The summed E-state index contributed by atoms with van der Waals surface area (Å²) >= 11 is 0. The van der Waals surface area contributed by atoms with Crippen LogP contribution in [-0.2, 0) is 0 Å². The van der Waals surface area contributed by atoms with Crippen molar-refractivity contribution in [3.8, 4) is 0 Å². The first-order valence-electron chi connectivity index (χ1n) is 8.66. The van der Waals surface area contributed by atoms with Gasteiger partial charge >= 0.3 is 6.03 Å². The summed E-state index contributed by atoms with van der Waals surface area (Å²) in [6.45, 7) is 4.77. The number of halogens is 2. The minimum atomic E-state index is -0.613. The highest BCUT2D eigenvalue weighted by molar-refractivity contribution is 5.90. The van der Waals surface area contributed by atoms with E-state index >= 15 is 0 Å². The summed E-state index contributed by atoms with van der Waals surface area (Å²) in [5, 5.41) is 2.66. The Morgan fingerprint density at radius 2 is 1.75 bits per heavy atom. The van der Waals surface area contributed by atoms with Gasteiger partial charge in [0.25, 0.3) is 0 Å². The zero-order valence-electron chi connectivity index (χ0n) is 13.6. The van der Waals surface area contributed by atoms with Crippen molar-refractivity contribution in [3.63, 3.8) is 0 Å². The molecule has 130 valence electrons. The third kappa shape index (κ3) is 2.81. The maximum absolute atomic E-state index is 14.4. The van der Waals surface area contributed by atoms with Crippen LogP contribution in [0.5, 0.6) is 0 Å². The minimum Gasteiger partial charge on any atom is -0.367 e. The Bertz CT molecular complexity index is 624. The molecule has 3 fully saturated rings. The van der Waals surface area contributed by atoms with Crippen LogP contribution >= 0.6 is 0 Å². The van der Waals surface area contributed by atoms with E-state index < -0.39 is 11.6 Å². The Balaban J connectivity index is 1.49. The molecule has 7 heteroatoms. The summed E-state index contributed by atoms with van der Waals surface area (Å²) in [6.07, 6.45) is 2.86. The molecule has 0 aliphatic carbocycles. The summed E-state index contributed by atoms with van der Waals surface area (Å²) in [7, 11) is 0. The van der Waals surface area contributed by atoms with Crippen molar-refractivity contribution in [2.45, 2.75) is 25.3 Å². The van der Waals surface area contributed by atoms with Crippen LogP contribution in [0.25, 0.3) is 0 Å². The van der Waals surface area contributed by atoms with Crippen molar-refractivity contribution < 1.29 is 13.6 Å². The van der Waals surface area contributed by atoms with Gasteiger partial charge in [-0.3, -0.25) is 4.90 Å². The third-order valence-corrected chi connectivity index (χ3v) is 5.30. The summed E-state index contributed by atoms with van der Waals surface area (Å²) in [5.74, 6) is -1.23. The molecule has 3 aliphatic rings. The number of rotatable bonds is 2. The Kier molecular flexibility index (Phi) is 4.04. The molecule has 1 N–H and O–H groups in total. The molecule has 3 aliphatic heterocycles. The Morgan fingerprint density at radius 3 is 2.46 bits per heavy atom. The van der Waals surface area contributed by atoms with Crippen molar-refractivity contribution in [3.05, 3.63) is 23.8 Å². The van der Waals surface area contributed by atoms with Crippen LogP contribution in [0.15, 0.2) is 12.1 Å². The molecule has 1 aromatic carbocycles. The zero-order chi connectivity index (χ0) is 16.7. The van der Waals surface area contributed by atoms with E-state index in [1.807, 2.05) is 0 Å². The number of anilines is 2. The number of hydrogen-bond donors (Lipinski definition) is 1. The van der Waals surface area contributed by atoms with E-state index in [9.17, 15) is 13.6 Å². The Hall–Kier alpha value is -1.89. The van der Waals surface area contributed by atoms with Crippen LogP contribution in [-0.4, -0.2) is 61.1 Å². The number of carbonyl (C=O) groups is 1. The van der Waals surface area contributed by atoms with Gasteiger partial charge in [0.1, 0.15) is 5.69 Å². The molecule has 0 aromatic heterocycles. The highest BCUT2D eigenvalue weighted by Gasteiger charge is 2.35. The molecule has 2 unspecified atom stereocenters. The SMILES string of the molecule is O=C(Nc1cc(F)c(N2CCCC2)c(F)c1)N1CCN2CCC1C2. The van der Waals surface area contributed by atoms with Gasteiger partial charge in [0.2, 0.25) is 0 Å². The number of benzene rings is 1. The average Bonchev–Trinajstić information content (AvgIpc) is 3.17. The lowest BCUT2D eigenvalue weighted by Gasteiger charge is -2.34. The van der Waals surface area contributed by atoms with Gasteiger partial charge in [-0.2, -0.15) is 0 Å². The van der Waals surface area contributed by atoms with Gasteiger partial charge in [0.15, 0.2) is 11.6 Å². The molecule has 5 nitrogen and oxygen atoms in total. The number of nitrogens with one attached hydrogen (secondary N) is 1. The van der Waals surface area contributed by atoms with Crippen molar-refractivity contribution in [1.82, 2.24) is 9.80 Å². The lowest BCUT2D eigenvalue weighted by atomic mass is 10.2. The number of fused-ring (bicyclic) bond motifs is 2. The second kappa shape index (κ2) is 6.20. The number of piperazine rings is 1. The van der Waals surface area contributed by atoms with E-state index in [0.717, 1.165) is 38.9 Å². The maximum Gasteiger partial charge on any atom is 0.322 e. The second-order valence-corrected chi connectivity index (χ2v) is 6.85. The molecular formula is C17H22F2N4O. The molecule has 2 atom stereocenters. The predicted octanol–water partition coefficient (Wildman–Crippen LogP) is 2.49. The monoisotopic (exact) mass is 336 g/mol. The van der Waals surface area contributed by atoms with E-state index in [1.54, 1.807) is 9.80 Å². The summed E-state index contributed by atoms with van der Waals surface area (Å²) in [6, 6.07) is 2.38. The van der Waals surface area contributed by atoms with Crippen LogP contribution in [0.2, 0.25) is 0 Å². The van der Waals surface area contributed by atoms with Gasteiger partial charge in [0, 0.05) is 51.0 Å². The molecule has 0 radical (unpaired) electrons. The third-order valence-electron chi connectivity index (χ3n) is 5.30. The summed E-state index contributed by atoms with van der Waals surface area (Å²) in [5.41, 5.74) is 0.202. The smallest absolute Gasteiger partial charge is 0.322 e. The van der Waals surface area contributed by atoms with Crippen LogP contribution < -0.4 is 10.2 Å². The molecule has 0 saturated carbocycles. The second-order valence-electron chi connectivity index (χ2n) is 6.85. The van der Waals surface area contributed by atoms with E-state index in [2.05, 4.69) is 10.2 Å². The predicted molar refractivity (Wildman–Crippen MR) is 88.4 cm³/mol. The van der Waals surface area contributed by atoms with Crippen molar-refractivity contribution in [2.75, 3.05) is 49.5 Å². The normalized spacial score (nSPS) is 26.1.